The minimum atomic E-state index is -3.55. The van der Waals surface area contributed by atoms with Gasteiger partial charge in [0.1, 0.15) is 0 Å². The highest BCUT2D eigenvalue weighted by Gasteiger charge is 2.39. The van der Waals surface area contributed by atoms with Gasteiger partial charge in [-0.1, -0.05) is 30.3 Å². The van der Waals surface area contributed by atoms with E-state index in [0.717, 1.165) is 5.56 Å². The molecule has 1 aliphatic rings. The molecule has 1 aliphatic heterocycles. The molecule has 1 aromatic heterocycles. The van der Waals surface area contributed by atoms with Crippen molar-refractivity contribution in [3.8, 4) is 0 Å². The van der Waals surface area contributed by atoms with E-state index in [2.05, 4.69) is 5.10 Å². The monoisotopic (exact) mass is 306 g/mol. The number of aryl methyl sites for hydroxylation is 1. The molecule has 0 bridgehead atoms. The Bertz CT molecular complexity index is 726. The number of sulfonamides is 1. The molecule has 21 heavy (non-hydrogen) atoms. The van der Waals surface area contributed by atoms with Gasteiger partial charge in [0, 0.05) is 32.1 Å². The molecule has 6 nitrogen and oxygen atoms in total. The van der Waals surface area contributed by atoms with Gasteiger partial charge in [-0.05, 0) is 11.6 Å². The third-order valence-electron chi connectivity index (χ3n) is 3.94. The summed E-state index contributed by atoms with van der Waals surface area (Å²) in [5, 5.41) is 4.13. The quantitative estimate of drug-likeness (QED) is 0.897. The van der Waals surface area contributed by atoms with Gasteiger partial charge in [0.05, 0.1) is 6.20 Å². The van der Waals surface area contributed by atoms with Gasteiger partial charge in [0.15, 0.2) is 5.03 Å². The van der Waals surface area contributed by atoms with Crippen molar-refractivity contribution in [2.75, 3.05) is 13.1 Å². The summed E-state index contributed by atoms with van der Waals surface area (Å²) in [5.41, 5.74) is 7.24. The molecule has 2 aromatic rings. The Labute approximate surface area is 124 Å². The lowest BCUT2D eigenvalue weighted by molar-refractivity contribution is 0.460. The molecule has 0 unspecified atom stereocenters. The van der Waals surface area contributed by atoms with Crippen LogP contribution >= 0.6 is 0 Å². The summed E-state index contributed by atoms with van der Waals surface area (Å²) < 4.78 is 28.1. The highest BCUT2D eigenvalue weighted by molar-refractivity contribution is 7.89. The second-order valence-corrected chi connectivity index (χ2v) is 7.18. The number of nitrogens with two attached hydrogens (primary N) is 1. The maximum Gasteiger partial charge on any atom is 0.260 e. The molecule has 0 radical (unpaired) electrons. The van der Waals surface area contributed by atoms with Gasteiger partial charge >= 0.3 is 0 Å². The maximum atomic E-state index is 12.6. The summed E-state index contributed by atoms with van der Waals surface area (Å²) in [6, 6.07) is 11.1. The Morgan fingerprint density at radius 3 is 2.52 bits per heavy atom. The van der Waals surface area contributed by atoms with Gasteiger partial charge in [-0.25, -0.2) is 8.42 Å². The lowest BCUT2D eigenvalue weighted by Gasteiger charge is -2.16. The summed E-state index contributed by atoms with van der Waals surface area (Å²) in [6.45, 7) is 0.728. The smallest absolute Gasteiger partial charge is 0.260 e. The van der Waals surface area contributed by atoms with Crippen molar-refractivity contribution in [3.63, 3.8) is 0 Å². The first kappa shape index (κ1) is 14.2. The zero-order valence-electron chi connectivity index (χ0n) is 11.8. The van der Waals surface area contributed by atoms with Crippen LogP contribution in [0.5, 0.6) is 0 Å². The van der Waals surface area contributed by atoms with E-state index >= 15 is 0 Å². The fourth-order valence-electron chi connectivity index (χ4n) is 2.79. The molecule has 112 valence electrons. The summed E-state index contributed by atoms with van der Waals surface area (Å²) in [7, 11) is -1.92. The minimum absolute atomic E-state index is 0.0224. The molecule has 2 N–H and O–H groups in total. The molecule has 3 rings (SSSR count). The molecule has 1 fully saturated rings. The summed E-state index contributed by atoms with van der Waals surface area (Å²) >= 11 is 0. The molecule has 0 spiro atoms. The molecule has 1 aromatic carbocycles. The Morgan fingerprint density at radius 1 is 1.19 bits per heavy atom. The molecular weight excluding hydrogens is 288 g/mol. The molecular formula is C14H18N4O2S. The van der Waals surface area contributed by atoms with E-state index in [-0.39, 0.29) is 17.0 Å². The third kappa shape index (κ3) is 2.48. The van der Waals surface area contributed by atoms with E-state index in [1.54, 1.807) is 7.05 Å². The van der Waals surface area contributed by atoms with Crippen LogP contribution in [0.25, 0.3) is 0 Å². The van der Waals surface area contributed by atoms with E-state index in [9.17, 15) is 8.42 Å². The largest absolute Gasteiger partial charge is 0.326 e. The maximum absolute atomic E-state index is 12.6. The molecule has 0 saturated carbocycles. The van der Waals surface area contributed by atoms with Gasteiger partial charge in [0.25, 0.3) is 10.0 Å². The Morgan fingerprint density at radius 2 is 1.90 bits per heavy atom. The number of rotatable bonds is 3. The van der Waals surface area contributed by atoms with Crippen molar-refractivity contribution < 1.29 is 8.42 Å². The van der Waals surface area contributed by atoms with Crippen LogP contribution in [0.4, 0.5) is 0 Å². The fraction of sp³-hybridized carbons (Fsp3) is 0.357. The standard InChI is InChI=1S/C14H18N4O2S/c1-17-14(7-8-16-17)21(19,20)18-9-12(13(15)10-18)11-5-3-2-4-6-11/h2-8,12-13H,9-10,15H2,1H3/t12-,13+/m0/s1. The van der Waals surface area contributed by atoms with Gasteiger partial charge in [-0.3, -0.25) is 4.68 Å². The first-order valence-corrected chi connectivity index (χ1v) is 8.23. The zero-order chi connectivity index (χ0) is 15.0. The lowest BCUT2D eigenvalue weighted by atomic mass is 9.95. The first-order chi connectivity index (χ1) is 10.00. The molecule has 7 heteroatoms. The van der Waals surface area contributed by atoms with Crippen molar-refractivity contribution >= 4 is 10.0 Å². The number of benzene rings is 1. The zero-order valence-corrected chi connectivity index (χ0v) is 12.6. The van der Waals surface area contributed by atoms with Crippen molar-refractivity contribution in [1.82, 2.24) is 14.1 Å². The van der Waals surface area contributed by atoms with Gasteiger partial charge in [-0.2, -0.15) is 9.40 Å². The second-order valence-electron chi connectivity index (χ2n) is 5.30. The number of nitrogens with zero attached hydrogens (tertiary/aromatic N) is 3. The van der Waals surface area contributed by atoms with Crippen molar-refractivity contribution in [2.24, 2.45) is 12.8 Å². The first-order valence-electron chi connectivity index (χ1n) is 6.79. The number of hydrogen-bond donors (Lipinski definition) is 1. The van der Waals surface area contributed by atoms with Crippen LogP contribution in [0, 0.1) is 0 Å². The molecule has 1 saturated heterocycles. The highest BCUT2D eigenvalue weighted by Crippen LogP contribution is 2.30. The average Bonchev–Trinajstić information content (AvgIpc) is 3.06. The van der Waals surface area contributed by atoms with Crippen LogP contribution in [0.1, 0.15) is 11.5 Å². The van der Waals surface area contributed by atoms with Gasteiger partial charge in [0.2, 0.25) is 0 Å². The van der Waals surface area contributed by atoms with Crippen molar-refractivity contribution in [1.29, 1.82) is 0 Å². The lowest BCUT2D eigenvalue weighted by Crippen LogP contribution is -2.33. The number of hydrogen-bond acceptors (Lipinski definition) is 4. The Balaban J connectivity index is 1.88. The predicted octanol–water partition coefficient (Wildman–Crippen LogP) is 0.536. The summed E-state index contributed by atoms with van der Waals surface area (Å²) in [4.78, 5) is 0. The summed E-state index contributed by atoms with van der Waals surface area (Å²) in [6.07, 6.45) is 1.48. The average molecular weight is 306 g/mol. The van der Waals surface area contributed by atoms with Crippen molar-refractivity contribution in [2.45, 2.75) is 17.0 Å². The minimum Gasteiger partial charge on any atom is -0.326 e. The highest BCUT2D eigenvalue weighted by atomic mass is 32.2. The Kier molecular flexibility index (Phi) is 3.56. The normalized spacial score (nSPS) is 23.5. The molecule has 2 heterocycles. The van der Waals surface area contributed by atoms with E-state index in [1.165, 1.54) is 21.3 Å². The van der Waals surface area contributed by atoms with E-state index in [1.807, 2.05) is 30.3 Å². The number of aromatic nitrogens is 2. The predicted molar refractivity (Wildman–Crippen MR) is 79.1 cm³/mol. The van der Waals surface area contributed by atoms with Crippen LogP contribution < -0.4 is 5.73 Å². The van der Waals surface area contributed by atoms with E-state index < -0.39 is 10.0 Å². The van der Waals surface area contributed by atoms with Crippen molar-refractivity contribution in [3.05, 3.63) is 48.2 Å². The molecule has 0 aliphatic carbocycles. The second kappa shape index (κ2) is 5.25. The topological polar surface area (TPSA) is 81.2 Å². The van der Waals surface area contributed by atoms with E-state index in [0.29, 0.717) is 13.1 Å². The summed E-state index contributed by atoms with van der Waals surface area (Å²) in [5.74, 6) is 0.0224. The molecule has 0 amide bonds. The van der Waals surface area contributed by atoms with Crippen LogP contribution in [-0.2, 0) is 17.1 Å². The van der Waals surface area contributed by atoms with Crippen LogP contribution in [0.2, 0.25) is 0 Å². The van der Waals surface area contributed by atoms with Crippen LogP contribution in [-0.4, -0.2) is 41.6 Å². The molecule has 2 atom stereocenters. The fourth-order valence-corrected chi connectivity index (χ4v) is 4.39. The van der Waals surface area contributed by atoms with Crippen LogP contribution in [0.3, 0.4) is 0 Å². The van der Waals surface area contributed by atoms with E-state index in [4.69, 9.17) is 5.73 Å². The van der Waals surface area contributed by atoms with Gasteiger partial charge < -0.3 is 5.73 Å². The van der Waals surface area contributed by atoms with Gasteiger partial charge in [-0.15, -0.1) is 0 Å². The third-order valence-corrected chi connectivity index (χ3v) is 5.85. The SMILES string of the molecule is Cn1nccc1S(=O)(=O)N1C[C@@H](N)[C@H](c2ccccc2)C1. The Hall–Kier alpha value is -1.70. The van der Waals surface area contributed by atoms with Crippen LogP contribution in [0.15, 0.2) is 47.6 Å².